The maximum atomic E-state index is 14.4. The highest BCUT2D eigenvalue weighted by molar-refractivity contribution is 5.93. The van der Waals surface area contributed by atoms with Crippen LogP contribution in [-0.2, 0) is 0 Å². The first-order valence-corrected chi connectivity index (χ1v) is 8.33. The number of benzene rings is 2. The smallest absolute Gasteiger partial charge is 0.273 e. The molecule has 1 amide bonds. The summed E-state index contributed by atoms with van der Waals surface area (Å²) in [7, 11) is 0. The fraction of sp³-hybridized carbons (Fsp3) is 0.0500. The van der Waals surface area contributed by atoms with Gasteiger partial charge in [0.1, 0.15) is 11.6 Å². The average Bonchev–Trinajstić information content (AvgIpc) is 2.98. The number of rotatable bonds is 3. The van der Waals surface area contributed by atoms with E-state index in [9.17, 15) is 18.4 Å². The van der Waals surface area contributed by atoms with Crippen molar-refractivity contribution in [3.05, 3.63) is 81.8 Å². The minimum absolute atomic E-state index is 0.130. The topological polar surface area (TPSA) is 93.2 Å². The molecule has 2 aromatic heterocycles. The van der Waals surface area contributed by atoms with E-state index in [2.05, 4.69) is 10.1 Å². The summed E-state index contributed by atoms with van der Waals surface area (Å²) in [5.41, 5.74) is 7.33. The zero-order valence-electron chi connectivity index (χ0n) is 14.7. The molecule has 0 saturated carbocycles. The van der Waals surface area contributed by atoms with Crippen LogP contribution >= 0.6 is 0 Å². The number of nitrogens with zero attached hydrogens (tertiary/aromatic N) is 2. The van der Waals surface area contributed by atoms with Crippen LogP contribution in [0.1, 0.15) is 16.1 Å². The van der Waals surface area contributed by atoms with Crippen molar-refractivity contribution in [3.63, 3.8) is 0 Å². The number of H-pyrrole nitrogens is 1. The molecule has 0 fully saturated rings. The lowest BCUT2D eigenvalue weighted by Crippen LogP contribution is -2.14. The maximum absolute atomic E-state index is 14.4. The van der Waals surface area contributed by atoms with Gasteiger partial charge in [-0.15, -0.1) is 0 Å². The lowest BCUT2D eigenvalue weighted by atomic mass is 10.0. The molecule has 3 N–H and O–H groups in total. The molecule has 0 aliphatic heterocycles. The number of hydrogen-bond acceptors (Lipinski definition) is 3. The number of carbonyl (C=O) groups is 1. The van der Waals surface area contributed by atoms with Crippen LogP contribution < -0.4 is 11.3 Å². The van der Waals surface area contributed by atoms with Crippen LogP contribution in [0.5, 0.6) is 0 Å². The molecule has 4 rings (SSSR count). The predicted octanol–water partition coefficient (Wildman–Crippen LogP) is 3.04. The Balaban J connectivity index is 1.95. The van der Waals surface area contributed by atoms with Crippen LogP contribution in [0.15, 0.2) is 53.3 Å². The SMILES string of the molecule is Cc1[nH]n2c(=O)cc(-c3ccc(C(N)=O)cc3)nc2c1-c1ccc(F)cc1F. The number of primary amides is 1. The lowest BCUT2D eigenvalue weighted by molar-refractivity contribution is 0.100. The van der Waals surface area contributed by atoms with Gasteiger partial charge in [-0.2, -0.15) is 0 Å². The first-order chi connectivity index (χ1) is 13.3. The number of fused-ring (bicyclic) bond motifs is 1. The van der Waals surface area contributed by atoms with Gasteiger partial charge < -0.3 is 5.73 Å². The van der Waals surface area contributed by atoms with E-state index in [-0.39, 0.29) is 11.2 Å². The summed E-state index contributed by atoms with van der Waals surface area (Å²) in [6.07, 6.45) is 0. The second-order valence-electron chi connectivity index (χ2n) is 6.32. The van der Waals surface area contributed by atoms with Gasteiger partial charge in [0, 0.05) is 40.1 Å². The zero-order valence-corrected chi connectivity index (χ0v) is 14.7. The van der Waals surface area contributed by atoms with Gasteiger partial charge in [0.25, 0.3) is 5.56 Å². The number of nitrogens with one attached hydrogen (secondary N) is 1. The van der Waals surface area contributed by atoms with Crippen molar-refractivity contribution in [1.29, 1.82) is 0 Å². The van der Waals surface area contributed by atoms with Gasteiger partial charge in [0.15, 0.2) is 5.65 Å². The number of hydrogen-bond donors (Lipinski definition) is 2. The van der Waals surface area contributed by atoms with Crippen molar-refractivity contribution < 1.29 is 13.6 Å². The monoisotopic (exact) mass is 380 g/mol. The van der Waals surface area contributed by atoms with Crippen LogP contribution in [0, 0.1) is 18.6 Å². The van der Waals surface area contributed by atoms with Gasteiger partial charge >= 0.3 is 0 Å². The van der Waals surface area contributed by atoms with Gasteiger partial charge in [-0.1, -0.05) is 12.1 Å². The van der Waals surface area contributed by atoms with Crippen molar-refractivity contribution in [2.45, 2.75) is 6.92 Å². The maximum Gasteiger partial charge on any atom is 0.273 e. The molecule has 0 radical (unpaired) electrons. The molecule has 28 heavy (non-hydrogen) atoms. The summed E-state index contributed by atoms with van der Waals surface area (Å²) in [5, 5.41) is 2.86. The molecule has 0 aliphatic carbocycles. The van der Waals surface area contributed by atoms with E-state index in [1.54, 1.807) is 19.1 Å². The Morgan fingerprint density at radius 2 is 1.82 bits per heavy atom. The summed E-state index contributed by atoms with van der Waals surface area (Å²) >= 11 is 0. The van der Waals surface area contributed by atoms with Crippen LogP contribution in [0.25, 0.3) is 28.0 Å². The number of aryl methyl sites for hydroxylation is 1. The highest BCUT2D eigenvalue weighted by atomic mass is 19.1. The fourth-order valence-electron chi connectivity index (χ4n) is 3.12. The van der Waals surface area contributed by atoms with Gasteiger partial charge in [0.2, 0.25) is 5.91 Å². The first kappa shape index (κ1) is 17.6. The molecule has 2 heterocycles. The van der Waals surface area contributed by atoms with Crippen LogP contribution in [0.2, 0.25) is 0 Å². The largest absolute Gasteiger partial charge is 0.366 e. The van der Waals surface area contributed by atoms with Crippen LogP contribution in [0.4, 0.5) is 8.78 Å². The molecular formula is C20H14F2N4O2. The quantitative estimate of drug-likeness (QED) is 0.572. The molecule has 8 heteroatoms. The number of carbonyl (C=O) groups excluding carboxylic acids is 1. The number of aromatic amines is 1. The van der Waals surface area contributed by atoms with E-state index in [0.29, 0.717) is 28.1 Å². The van der Waals surface area contributed by atoms with Crippen molar-refractivity contribution in [1.82, 2.24) is 14.6 Å². The van der Waals surface area contributed by atoms with Gasteiger partial charge in [-0.3, -0.25) is 14.7 Å². The molecule has 0 bridgehead atoms. The third-order valence-electron chi connectivity index (χ3n) is 4.46. The van der Waals surface area contributed by atoms with Crippen LogP contribution in [-0.4, -0.2) is 20.5 Å². The average molecular weight is 380 g/mol. The van der Waals surface area contributed by atoms with E-state index < -0.39 is 23.1 Å². The Labute approximate surface area is 157 Å². The summed E-state index contributed by atoms with van der Waals surface area (Å²) in [6.45, 7) is 1.67. The zero-order chi connectivity index (χ0) is 20.0. The third kappa shape index (κ3) is 2.84. The molecule has 140 valence electrons. The molecule has 0 atom stereocenters. The van der Waals surface area contributed by atoms with Gasteiger partial charge in [-0.25, -0.2) is 18.3 Å². The van der Waals surface area contributed by atoms with E-state index in [0.717, 1.165) is 12.1 Å². The van der Waals surface area contributed by atoms with Gasteiger partial charge in [-0.05, 0) is 31.2 Å². The first-order valence-electron chi connectivity index (χ1n) is 8.33. The van der Waals surface area contributed by atoms with Gasteiger partial charge in [0.05, 0.1) is 5.69 Å². The molecular weight excluding hydrogens is 366 g/mol. The molecule has 0 saturated heterocycles. The van der Waals surface area contributed by atoms with Crippen molar-refractivity contribution in [3.8, 4) is 22.4 Å². The second-order valence-corrected chi connectivity index (χ2v) is 6.32. The molecule has 0 spiro atoms. The van der Waals surface area contributed by atoms with Crippen molar-refractivity contribution in [2.75, 3.05) is 0 Å². The highest BCUT2D eigenvalue weighted by Gasteiger charge is 2.18. The minimum Gasteiger partial charge on any atom is -0.366 e. The Kier molecular flexibility index (Phi) is 4.03. The summed E-state index contributed by atoms with van der Waals surface area (Å²) in [6, 6.07) is 10.9. The molecule has 4 aromatic rings. The Morgan fingerprint density at radius 1 is 1.11 bits per heavy atom. The minimum atomic E-state index is -0.755. The molecule has 0 unspecified atom stereocenters. The summed E-state index contributed by atoms with van der Waals surface area (Å²) in [4.78, 5) is 28.3. The normalized spacial score (nSPS) is 11.1. The predicted molar refractivity (Wildman–Crippen MR) is 99.9 cm³/mol. The highest BCUT2D eigenvalue weighted by Crippen LogP contribution is 2.30. The molecule has 6 nitrogen and oxygen atoms in total. The molecule has 0 aliphatic rings. The summed E-state index contributed by atoms with van der Waals surface area (Å²) < 4.78 is 28.8. The second kappa shape index (κ2) is 6.41. The Morgan fingerprint density at radius 3 is 2.46 bits per heavy atom. The number of aromatic nitrogens is 3. The van der Waals surface area contributed by atoms with Crippen molar-refractivity contribution >= 4 is 11.6 Å². The van der Waals surface area contributed by atoms with Crippen molar-refractivity contribution in [2.24, 2.45) is 5.73 Å². The standard InChI is InChI=1S/C20H14F2N4O2/c1-10-18(14-7-6-13(21)8-15(14)22)20-24-16(9-17(27)26(20)25-10)11-2-4-12(5-3-11)19(23)28/h2-9,25H,1H3,(H2,23,28). The number of amides is 1. The van der Waals surface area contributed by atoms with E-state index in [1.807, 2.05) is 0 Å². The third-order valence-corrected chi connectivity index (χ3v) is 4.46. The van der Waals surface area contributed by atoms with E-state index in [1.165, 1.54) is 28.8 Å². The lowest BCUT2D eigenvalue weighted by Gasteiger charge is -2.05. The Bertz CT molecular complexity index is 1290. The van der Waals surface area contributed by atoms with Crippen LogP contribution in [0.3, 0.4) is 0 Å². The number of halogens is 2. The Hall–Kier alpha value is -3.81. The number of nitrogens with two attached hydrogens (primary N) is 1. The summed E-state index contributed by atoms with van der Waals surface area (Å²) in [5.74, 6) is -2.01. The fourth-order valence-corrected chi connectivity index (χ4v) is 3.12. The van der Waals surface area contributed by atoms with E-state index >= 15 is 0 Å². The van der Waals surface area contributed by atoms with E-state index in [4.69, 9.17) is 5.73 Å². The molecule has 2 aromatic carbocycles.